The van der Waals surface area contributed by atoms with E-state index in [1.165, 1.54) is 33.6 Å². The molecule has 0 saturated carbocycles. The van der Waals surface area contributed by atoms with Gasteiger partial charge in [-0.05, 0) is 85.5 Å². The molecule has 4 heterocycles. The maximum absolute atomic E-state index is 6.69. The second-order valence-electron chi connectivity index (χ2n) is 12.0. The van der Waals surface area contributed by atoms with Crippen LogP contribution in [0.4, 0.5) is 17.1 Å². The summed E-state index contributed by atoms with van der Waals surface area (Å²) in [4.78, 5) is 14.0. The normalized spacial score (nSPS) is 12.7. The fraction of sp³-hybridized carbons (Fsp3) is 0.128. The summed E-state index contributed by atoms with van der Waals surface area (Å²) in [7, 11) is 2.13. The summed E-state index contributed by atoms with van der Waals surface area (Å²) in [5.74, 6) is 1.42. The van der Waals surface area contributed by atoms with E-state index < -0.39 is 0 Å². The topological polar surface area (TPSA) is 46.4 Å². The summed E-state index contributed by atoms with van der Waals surface area (Å²) < 4.78 is 8.84. The van der Waals surface area contributed by atoms with E-state index >= 15 is 0 Å². The van der Waals surface area contributed by atoms with Crippen molar-refractivity contribution in [3.05, 3.63) is 132 Å². The molecule has 1 aliphatic heterocycles. The van der Waals surface area contributed by atoms with Crippen molar-refractivity contribution in [2.75, 3.05) is 23.5 Å². The zero-order valence-corrected chi connectivity index (χ0v) is 25.8. The number of ether oxygens (including phenoxy) is 1. The van der Waals surface area contributed by atoms with Gasteiger partial charge in [-0.3, -0.25) is 9.55 Å². The van der Waals surface area contributed by atoms with E-state index in [2.05, 4.69) is 132 Å². The van der Waals surface area contributed by atoms with Gasteiger partial charge in [-0.2, -0.15) is 0 Å². The van der Waals surface area contributed by atoms with Gasteiger partial charge in [-0.1, -0.05) is 48.0 Å². The molecule has 7 aromatic rings. The Morgan fingerprint density at radius 2 is 1.42 bits per heavy atom. The van der Waals surface area contributed by atoms with Crippen molar-refractivity contribution in [1.82, 2.24) is 14.5 Å². The van der Waals surface area contributed by atoms with Gasteiger partial charge >= 0.3 is 0 Å². The van der Waals surface area contributed by atoms with Crippen molar-refractivity contribution in [2.45, 2.75) is 20.8 Å². The van der Waals surface area contributed by atoms with Crippen LogP contribution in [0.5, 0.6) is 11.5 Å². The van der Waals surface area contributed by atoms with Crippen molar-refractivity contribution >= 4 is 39.0 Å². The van der Waals surface area contributed by atoms with Crippen LogP contribution < -0.4 is 14.5 Å². The van der Waals surface area contributed by atoms with Crippen LogP contribution in [0.25, 0.3) is 38.8 Å². The lowest BCUT2D eigenvalue weighted by Gasteiger charge is -2.22. The molecule has 0 unspecified atom stereocenters. The largest absolute Gasteiger partial charge is 0.456 e. The van der Waals surface area contributed by atoms with Crippen LogP contribution in [0.15, 0.2) is 116 Å². The number of nitrogens with zero attached hydrogens (tertiary/aromatic N) is 5. The van der Waals surface area contributed by atoms with Crippen molar-refractivity contribution in [2.24, 2.45) is 0 Å². The van der Waals surface area contributed by atoms with Gasteiger partial charge in [0, 0.05) is 41.8 Å². The SMILES string of the molecule is Cc1cc(C)c(-c2cc(Oc3cncc(-n4c5ccccc5c5cccnc54)c3)cc(N3CN(C)c4ccccc43)c2)c(C)c1. The van der Waals surface area contributed by atoms with Gasteiger partial charge < -0.3 is 14.5 Å². The minimum atomic E-state index is 0.661. The molecule has 220 valence electrons. The Labute approximate surface area is 262 Å². The zero-order chi connectivity index (χ0) is 30.7. The summed E-state index contributed by atoms with van der Waals surface area (Å²) in [6.45, 7) is 7.29. The van der Waals surface area contributed by atoms with Gasteiger partial charge in [0.1, 0.15) is 17.1 Å². The molecule has 0 bridgehead atoms. The summed E-state index contributed by atoms with van der Waals surface area (Å²) >= 11 is 0. The highest BCUT2D eigenvalue weighted by Gasteiger charge is 2.25. The van der Waals surface area contributed by atoms with Crippen molar-refractivity contribution in [3.63, 3.8) is 0 Å². The summed E-state index contributed by atoms with van der Waals surface area (Å²) in [6.07, 6.45) is 5.48. The minimum Gasteiger partial charge on any atom is -0.456 e. The first-order valence-electron chi connectivity index (χ1n) is 15.2. The molecule has 4 aromatic carbocycles. The van der Waals surface area contributed by atoms with E-state index in [1.807, 2.05) is 24.5 Å². The molecule has 1 aliphatic rings. The van der Waals surface area contributed by atoms with Crippen molar-refractivity contribution < 1.29 is 4.74 Å². The van der Waals surface area contributed by atoms with E-state index in [1.54, 1.807) is 6.20 Å². The number of aryl methyl sites for hydroxylation is 3. The van der Waals surface area contributed by atoms with Gasteiger partial charge in [-0.15, -0.1) is 0 Å². The second kappa shape index (κ2) is 10.5. The van der Waals surface area contributed by atoms with Crippen LogP contribution in [-0.2, 0) is 0 Å². The van der Waals surface area contributed by atoms with Crippen LogP contribution in [-0.4, -0.2) is 28.3 Å². The number of aromatic nitrogens is 3. The Kier molecular flexibility index (Phi) is 6.31. The third-order valence-electron chi connectivity index (χ3n) is 8.73. The lowest BCUT2D eigenvalue weighted by atomic mass is 9.93. The smallest absolute Gasteiger partial charge is 0.147 e. The van der Waals surface area contributed by atoms with Crippen LogP contribution >= 0.6 is 0 Å². The number of rotatable bonds is 5. The highest BCUT2D eigenvalue weighted by Crippen LogP contribution is 2.43. The first-order chi connectivity index (χ1) is 21.9. The Balaban J connectivity index is 1.25. The molecule has 0 fully saturated rings. The number of anilines is 3. The van der Waals surface area contributed by atoms with E-state index in [-0.39, 0.29) is 0 Å². The predicted octanol–water partition coefficient (Wildman–Crippen LogP) is 9.50. The molecule has 8 rings (SSSR count). The van der Waals surface area contributed by atoms with Crippen LogP contribution in [0.3, 0.4) is 0 Å². The third kappa shape index (κ3) is 4.57. The average Bonchev–Trinajstić information content (AvgIpc) is 3.56. The number of hydrogen-bond donors (Lipinski definition) is 0. The molecule has 0 atom stereocenters. The quantitative estimate of drug-likeness (QED) is 0.201. The van der Waals surface area contributed by atoms with Crippen molar-refractivity contribution in [3.8, 4) is 28.3 Å². The maximum atomic E-state index is 6.69. The van der Waals surface area contributed by atoms with Gasteiger partial charge in [0.15, 0.2) is 0 Å². The van der Waals surface area contributed by atoms with Gasteiger partial charge in [0.2, 0.25) is 0 Å². The lowest BCUT2D eigenvalue weighted by molar-refractivity contribution is 0.480. The van der Waals surface area contributed by atoms with E-state index in [9.17, 15) is 0 Å². The summed E-state index contributed by atoms with van der Waals surface area (Å²) in [5.41, 5.74) is 12.5. The molecule has 6 heteroatoms. The fourth-order valence-corrected chi connectivity index (χ4v) is 6.96. The molecule has 45 heavy (non-hydrogen) atoms. The molecule has 0 radical (unpaired) electrons. The first-order valence-corrected chi connectivity index (χ1v) is 15.2. The molecule has 0 saturated heterocycles. The number of pyridine rings is 2. The van der Waals surface area contributed by atoms with Gasteiger partial charge in [-0.25, -0.2) is 4.98 Å². The van der Waals surface area contributed by atoms with E-state index in [4.69, 9.17) is 9.72 Å². The maximum Gasteiger partial charge on any atom is 0.147 e. The van der Waals surface area contributed by atoms with E-state index in [0.717, 1.165) is 51.3 Å². The van der Waals surface area contributed by atoms with Crippen molar-refractivity contribution in [1.29, 1.82) is 0 Å². The van der Waals surface area contributed by atoms with Gasteiger partial charge in [0.05, 0.1) is 41.6 Å². The number of benzene rings is 4. The molecule has 6 nitrogen and oxygen atoms in total. The molecule has 0 aliphatic carbocycles. The van der Waals surface area contributed by atoms with Crippen LogP contribution in [0.1, 0.15) is 16.7 Å². The Morgan fingerprint density at radius 1 is 0.689 bits per heavy atom. The molecule has 0 amide bonds. The van der Waals surface area contributed by atoms with Gasteiger partial charge in [0.25, 0.3) is 0 Å². The molecule has 0 N–H and O–H groups in total. The Hall–Kier alpha value is -5.62. The molecule has 0 spiro atoms. The molecular weight excluding hydrogens is 554 g/mol. The number of hydrogen-bond acceptors (Lipinski definition) is 5. The summed E-state index contributed by atoms with van der Waals surface area (Å²) in [6, 6.07) is 34.1. The number of fused-ring (bicyclic) bond motifs is 4. The first kappa shape index (κ1) is 27.0. The van der Waals surface area contributed by atoms with E-state index in [0.29, 0.717) is 5.75 Å². The van der Waals surface area contributed by atoms with Crippen LogP contribution in [0.2, 0.25) is 0 Å². The minimum absolute atomic E-state index is 0.661. The fourth-order valence-electron chi connectivity index (χ4n) is 6.96. The lowest BCUT2D eigenvalue weighted by Crippen LogP contribution is -2.24. The average molecular weight is 588 g/mol. The summed E-state index contributed by atoms with van der Waals surface area (Å²) in [5, 5.41) is 2.26. The molecular formula is C39H33N5O. The standard InChI is InChI=1S/C39H33N5O/c1-25-16-26(2)38(27(3)17-25)28-18-29(43-24-42(4)36-13-7-8-14-37(36)43)20-31(19-28)45-32-21-30(22-40-23-32)44-35-12-6-5-10-33(35)34-11-9-15-41-39(34)44/h5-23H,24H2,1-4H3. The zero-order valence-electron chi connectivity index (χ0n) is 25.8. The molecule has 3 aromatic heterocycles. The highest BCUT2D eigenvalue weighted by atomic mass is 16.5. The second-order valence-corrected chi connectivity index (χ2v) is 12.0. The monoisotopic (exact) mass is 587 g/mol. The Bertz CT molecular complexity index is 2170. The third-order valence-corrected chi connectivity index (χ3v) is 8.73. The predicted molar refractivity (Wildman–Crippen MR) is 184 cm³/mol. The Morgan fingerprint density at radius 3 is 2.27 bits per heavy atom. The highest BCUT2D eigenvalue weighted by molar-refractivity contribution is 6.07. The van der Waals surface area contributed by atoms with Crippen LogP contribution in [0, 0.1) is 20.8 Å². The number of para-hydroxylation sites is 3.